The minimum Gasteiger partial charge on any atom is -0.478 e. The Hall–Kier alpha value is -2.43. The van der Waals surface area contributed by atoms with E-state index in [0.717, 1.165) is 11.3 Å². The summed E-state index contributed by atoms with van der Waals surface area (Å²) in [6.45, 7) is 0. The molecule has 5 nitrogen and oxygen atoms in total. The van der Waals surface area contributed by atoms with Gasteiger partial charge in [0.05, 0.1) is 23.1 Å². The number of hydrogen-bond acceptors (Lipinski definition) is 3. The van der Waals surface area contributed by atoms with Gasteiger partial charge in [-0.1, -0.05) is 24.3 Å². The van der Waals surface area contributed by atoms with Crippen molar-refractivity contribution in [3.8, 4) is 0 Å². The van der Waals surface area contributed by atoms with Gasteiger partial charge in [-0.05, 0) is 42.2 Å². The normalized spacial score (nSPS) is 39.4. The Labute approximate surface area is 132 Å². The number of para-hydroxylation sites is 1. The van der Waals surface area contributed by atoms with Gasteiger partial charge < -0.3 is 5.11 Å². The van der Waals surface area contributed by atoms with Crippen molar-refractivity contribution in [1.29, 1.82) is 0 Å². The molecule has 4 aliphatic carbocycles. The Bertz CT molecular complexity index is 762. The predicted octanol–water partition coefficient (Wildman–Crippen LogP) is 1.94. The van der Waals surface area contributed by atoms with Crippen molar-refractivity contribution in [3.05, 3.63) is 42.0 Å². The Morgan fingerprint density at radius 1 is 1.00 bits per heavy atom. The number of aromatic carboxylic acids is 1. The van der Waals surface area contributed by atoms with E-state index in [1.807, 2.05) is 0 Å². The Morgan fingerprint density at radius 3 is 2.13 bits per heavy atom. The first-order valence-electron chi connectivity index (χ1n) is 7.98. The number of rotatable bonds is 2. The zero-order valence-corrected chi connectivity index (χ0v) is 12.3. The zero-order chi connectivity index (χ0) is 15.9. The highest BCUT2D eigenvalue weighted by molar-refractivity contribution is 6.24. The van der Waals surface area contributed by atoms with Crippen molar-refractivity contribution in [2.75, 3.05) is 4.90 Å². The molecule has 23 heavy (non-hydrogen) atoms. The smallest absolute Gasteiger partial charge is 0.337 e. The van der Waals surface area contributed by atoms with E-state index in [4.69, 9.17) is 0 Å². The van der Waals surface area contributed by atoms with E-state index in [0.29, 0.717) is 11.8 Å². The fourth-order valence-corrected chi connectivity index (χ4v) is 5.04. The maximum absolute atomic E-state index is 13.0. The fraction of sp³-hybridized carbons (Fsp3) is 0.389. The number of amides is 2. The molecule has 2 saturated carbocycles. The van der Waals surface area contributed by atoms with Crippen molar-refractivity contribution in [2.45, 2.75) is 6.42 Å². The van der Waals surface area contributed by atoms with Crippen LogP contribution in [0.5, 0.6) is 0 Å². The molecule has 6 atom stereocenters. The summed E-state index contributed by atoms with van der Waals surface area (Å²) in [6.07, 6.45) is 5.33. The second-order valence-corrected chi connectivity index (χ2v) is 6.99. The largest absolute Gasteiger partial charge is 0.478 e. The first-order chi connectivity index (χ1) is 11.1. The highest BCUT2D eigenvalue weighted by atomic mass is 16.4. The van der Waals surface area contributed by atoms with Crippen molar-refractivity contribution in [1.82, 2.24) is 0 Å². The number of carboxylic acid groups (broad SMARTS) is 1. The lowest BCUT2D eigenvalue weighted by atomic mass is 9.63. The summed E-state index contributed by atoms with van der Waals surface area (Å²) < 4.78 is 0. The third-order valence-corrected chi connectivity index (χ3v) is 6.04. The quantitative estimate of drug-likeness (QED) is 0.669. The van der Waals surface area contributed by atoms with Gasteiger partial charge >= 0.3 is 5.97 Å². The molecule has 0 radical (unpaired) electrons. The standard InChI is InChI=1S/C18H15NO4/c20-16-14-8-5-6-9(12-7-11(8)12)15(14)17(21)19(16)13-4-2-1-3-10(13)18(22)23/h1-6,8-9,11-12,14-15H,7H2,(H,22,23). The predicted molar refractivity (Wildman–Crippen MR) is 80.6 cm³/mol. The second kappa shape index (κ2) is 4.10. The average molecular weight is 309 g/mol. The number of benzene rings is 1. The molecule has 6 rings (SSSR count). The zero-order valence-electron chi connectivity index (χ0n) is 12.3. The lowest BCUT2D eigenvalue weighted by molar-refractivity contribution is -0.124. The van der Waals surface area contributed by atoms with Crippen LogP contribution in [0.2, 0.25) is 0 Å². The van der Waals surface area contributed by atoms with Crippen LogP contribution in [0.15, 0.2) is 36.4 Å². The first kappa shape index (κ1) is 13.0. The van der Waals surface area contributed by atoms with Gasteiger partial charge in [0.2, 0.25) is 11.8 Å². The maximum Gasteiger partial charge on any atom is 0.337 e. The lowest BCUT2D eigenvalue weighted by Crippen LogP contribution is -2.40. The summed E-state index contributed by atoms with van der Waals surface area (Å²) in [6, 6.07) is 6.25. The third-order valence-electron chi connectivity index (χ3n) is 6.04. The van der Waals surface area contributed by atoms with Gasteiger partial charge in [-0.15, -0.1) is 0 Å². The minimum absolute atomic E-state index is 0.00156. The molecule has 0 spiro atoms. The van der Waals surface area contributed by atoms with E-state index >= 15 is 0 Å². The molecule has 1 aromatic rings. The lowest BCUT2D eigenvalue weighted by Gasteiger charge is -2.37. The summed E-state index contributed by atoms with van der Waals surface area (Å²) in [5.41, 5.74) is 0.204. The Balaban J connectivity index is 1.61. The van der Waals surface area contributed by atoms with Crippen molar-refractivity contribution >= 4 is 23.5 Å². The number of imide groups is 1. The molecule has 1 aromatic carbocycles. The van der Waals surface area contributed by atoms with Crippen LogP contribution in [0.3, 0.4) is 0 Å². The number of anilines is 1. The SMILES string of the molecule is O=C(O)c1ccccc1N1C(=O)C2C3C=CC(C4CC34)C2C1=O. The van der Waals surface area contributed by atoms with Gasteiger partial charge in [-0.3, -0.25) is 9.59 Å². The minimum atomic E-state index is -1.12. The van der Waals surface area contributed by atoms with Gasteiger partial charge in [0.25, 0.3) is 0 Å². The summed E-state index contributed by atoms with van der Waals surface area (Å²) >= 11 is 0. The van der Waals surface area contributed by atoms with Crippen molar-refractivity contribution in [2.24, 2.45) is 35.5 Å². The second-order valence-electron chi connectivity index (χ2n) is 6.99. The number of allylic oxidation sites excluding steroid dienone is 2. The fourth-order valence-electron chi connectivity index (χ4n) is 5.04. The van der Waals surface area contributed by atoms with Gasteiger partial charge in [-0.25, -0.2) is 9.69 Å². The van der Waals surface area contributed by atoms with Crippen LogP contribution in [-0.2, 0) is 9.59 Å². The third kappa shape index (κ3) is 1.49. The highest BCUT2D eigenvalue weighted by Gasteiger charge is 2.67. The summed E-state index contributed by atoms with van der Waals surface area (Å²) in [5, 5.41) is 9.36. The molecular formula is C18H15NO4. The number of carbonyl (C=O) groups excluding carboxylic acids is 2. The summed E-state index contributed by atoms with van der Waals surface area (Å²) in [5.74, 6) is -0.805. The number of carboxylic acids is 1. The first-order valence-corrected chi connectivity index (χ1v) is 7.98. The van der Waals surface area contributed by atoms with Crippen LogP contribution in [0.1, 0.15) is 16.8 Å². The molecule has 5 aliphatic rings. The van der Waals surface area contributed by atoms with Crippen LogP contribution in [0.25, 0.3) is 0 Å². The molecule has 1 saturated heterocycles. The monoisotopic (exact) mass is 309 g/mol. The van der Waals surface area contributed by atoms with E-state index in [2.05, 4.69) is 12.2 Å². The number of nitrogens with zero attached hydrogens (tertiary/aromatic N) is 1. The van der Waals surface area contributed by atoms with Crippen molar-refractivity contribution in [3.63, 3.8) is 0 Å². The molecule has 2 amide bonds. The van der Waals surface area contributed by atoms with Gasteiger partial charge in [0.1, 0.15) is 0 Å². The molecule has 5 heteroatoms. The molecule has 1 aliphatic heterocycles. The van der Waals surface area contributed by atoms with E-state index < -0.39 is 5.97 Å². The van der Waals surface area contributed by atoms with E-state index in [1.54, 1.807) is 18.2 Å². The summed E-state index contributed by atoms with van der Waals surface area (Å²) in [4.78, 5) is 38.5. The molecule has 1 N–H and O–H groups in total. The molecule has 2 bridgehead atoms. The molecule has 1 heterocycles. The van der Waals surface area contributed by atoms with Crippen LogP contribution in [0.4, 0.5) is 5.69 Å². The Kier molecular flexibility index (Phi) is 2.33. The van der Waals surface area contributed by atoms with Crippen LogP contribution >= 0.6 is 0 Å². The summed E-state index contributed by atoms with van der Waals surface area (Å²) in [7, 11) is 0. The van der Waals surface area contributed by atoms with E-state index in [-0.39, 0.29) is 46.7 Å². The van der Waals surface area contributed by atoms with Crippen LogP contribution < -0.4 is 4.90 Å². The Morgan fingerprint density at radius 2 is 1.57 bits per heavy atom. The van der Waals surface area contributed by atoms with Gasteiger partial charge in [0.15, 0.2) is 0 Å². The highest BCUT2D eigenvalue weighted by Crippen LogP contribution is 2.65. The van der Waals surface area contributed by atoms with Gasteiger partial charge in [-0.2, -0.15) is 0 Å². The molecule has 6 unspecified atom stereocenters. The molecule has 3 fully saturated rings. The maximum atomic E-state index is 13.0. The topological polar surface area (TPSA) is 74.7 Å². The van der Waals surface area contributed by atoms with E-state index in [9.17, 15) is 19.5 Å². The van der Waals surface area contributed by atoms with Gasteiger partial charge in [0, 0.05) is 0 Å². The van der Waals surface area contributed by atoms with Crippen molar-refractivity contribution < 1.29 is 19.5 Å². The van der Waals surface area contributed by atoms with Crippen LogP contribution in [-0.4, -0.2) is 22.9 Å². The molecule has 116 valence electrons. The number of carbonyl (C=O) groups is 3. The van der Waals surface area contributed by atoms with E-state index in [1.165, 1.54) is 6.07 Å². The number of hydrogen-bond donors (Lipinski definition) is 1. The molecule has 0 aromatic heterocycles. The average Bonchev–Trinajstić information content (AvgIpc) is 3.32. The molecular weight excluding hydrogens is 294 g/mol. The van der Waals surface area contributed by atoms with Crippen LogP contribution in [0, 0.1) is 35.5 Å².